The molecule has 7 nitrogen and oxygen atoms in total. The monoisotopic (exact) mass is 292 g/mol. The first-order valence-electron chi connectivity index (χ1n) is 6.50. The lowest BCUT2D eigenvalue weighted by atomic mass is 10.2. The molecule has 1 aliphatic rings. The lowest BCUT2D eigenvalue weighted by Crippen LogP contribution is -2.14. The van der Waals surface area contributed by atoms with Crippen molar-refractivity contribution in [3.8, 4) is 11.5 Å². The molecule has 0 bridgehead atoms. The van der Waals surface area contributed by atoms with Crippen molar-refractivity contribution >= 4 is 11.7 Å². The van der Waals surface area contributed by atoms with E-state index in [4.69, 9.17) is 14.2 Å². The summed E-state index contributed by atoms with van der Waals surface area (Å²) in [7, 11) is 0. The van der Waals surface area contributed by atoms with Gasteiger partial charge in [0.2, 0.25) is 5.70 Å². The van der Waals surface area contributed by atoms with E-state index < -0.39 is 5.97 Å². The number of rotatable bonds is 4. The van der Waals surface area contributed by atoms with Gasteiger partial charge in [-0.15, -0.1) is 5.11 Å². The first-order valence-corrected chi connectivity index (χ1v) is 6.50. The molecular weight excluding hydrogens is 276 g/mol. The number of nitrogens with zero attached hydrogens (tertiary/aromatic N) is 2. The van der Waals surface area contributed by atoms with Crippen molar-refractivity contribution < 1.29 is 24.1 Å². The first-order chi connectivity index (χ1) is 10.1. The average Bonchev–Trinajstić information content (AvgIpc) is 2.47. The molecule has 1 N–H and O–H groups in total. The van der Waals surface area contributed by atoms with E-state index in [0.717, 1.165) is 0 Å². The fourth-order valence-electron chi connectivity index (χ4n) is 1.66. The number of allylic oxidation sites excluding steroid dienone is 1. The Labute approximate surface area is 121 Å². The summed E-state index contributed by atoms with van der Waals surface area (Å²) in [6.45, 7) is 4.18. The Morgan fingerprint density at radius 2 is 2.05 bits per heavy atom. The van der Waals surface area contributed by atoms with Crippen molar-refractivity contribution in [2.45, 2.75) is 13.8 Å². The number of aliphatic hydroxyl groups is 1. The normalized spacial score (nSPS) is 14.8. The molecule has 112 valence electrons. The van der Waals surface area contributed by atoms with Crippen LogP contribution >= 0.6 is 0 Å². The molecule has 2 rings (SSSR count). The summed E-state index contributed by atoms with van der Waals surface area (Å²) in [5.74, 6) is 0.230. The van der Waals surface area contributed by atoms with Gasteiger partial charge >= 0.3 is 5.97 Å². The first kappa shape index (κ1) is 14.8. The average molecular weight is 292 g/mol. The van der Waals surface area contributed by atoms with Gasteiger partial charge in [0, 0.05) is 6.07 Å². The molecule has 0 saturated heterocycles. The van der Waals surface area contributed by atoms with E-state index >= 15 is 0 Å². The maximum Gasteiger partial charge on any atom is 0.362 e. The van der Waals surface area contributed by atoms with Crippen molar-refractivity contribution in [2.24, 2.45) is 10.2 Å². The summed E-state index contributed by atoms with van der Waals surface area (Å²) < 4.78 is 15.6. The van der Waals surface area contributed by atoms with Crippen LogP contribution < -0.4 is 9.47 Å². The van der Waals surface area contributed by atoms with Crippen molar-refractivity contribution in [1.29, 1.82) is 0 Å². The van der Waals surface area contributed by atoms with E-state index in [9.17, 15) is 9.90 Å². The second-order valence-electron chi connectivity index (χ2n) is 4.18. The minimum atomic E-state index is -0.723. The molecule has 1 aromatic rings. The predicted molar refractivity (Wildman–Crippen MR) is 73.9 cm³/mol. The number of carbonyl (C=O) groups is 1. The van der Waals surface area contributed by atoms with Gasteiger partial charge in [0.25, 0.3) is 0 Å². The van der Waals surface area contributed by atoms with Crippen LogP contribution in [0.5, 0.6) is 11.5 Å². The number of ether oxygens (including phenoxy) is 3. The van der Waals surface area contributed by atoms with E-state index in [-0.39, 0.29) is 18.1 Å². The Bertz CT molecular complexity index is 591. The molecule has 7 heteroatoms. The van der Waals surface area contributed by atoms with Gasteiger partial charge in [0.15, 0.2) is 11.5 Å². The van der Waals surface area contributed by atoms with Gasteiger partial charge in [-0.05, 0) is 26.0 Å². The number of fused-ring (bicyclic) bond motifs is 1. The van der Waals surface area contributed by atoms with E-state index in [1.807, 2.05) is 0 Å². The lowest BCUT2D eigenvalue weighted by molar-refractivity contribution is -0.138. The fraction of sp³-hybridized carbons (Fsp3) is 0.357. The van der Waals surface area contributed by atoms with Crippen LogP contribution in [0, 0.1) is 0 Å². The zero-order valence-corrected chi connectivity index (χ0v) is 11.8. The van der Waals surface area contributed by atoms with Gasteiger partial charge in [0.1, 0.15) is 19.0 Å². The van der Waals surface area contributed by atoms with Gasteiger partial charge in [0.05, 0.1) is 12.3 Å². The summed E-state index contributed by atoms with van der Waals surface area (Å²) in [5, 5.41) is 17.1. The number of hydrogen-bond donors (Lipinski definition) is 1. The number of benzene rings is 1. The number of aliphatic hydroxyl groups excluding tert-OH is 1. The number of carbonyl (C=O) groups excluding carboxylic acids is 1. The fourth-order valence-corrected chi connectivity index (χ4v) is 1.66. The largest absolute Gasteiger partial charge is 0.510 e. The highest BCUT2D eigenvalue weighted by atomic mass is 16.6. The lowest BCUT2D eigenvalue weighted by Gasteiger charge is -2.17. The standard InChI is InChI=1S/C14H16N2O5/c1-3-19-14(18)13(9(2)17)16-15-10-4-5-11-12(8-10)21-7-6-20-11/h4-5,8,17H,3,6-7H2,1-2H3/b13-9+,16-15?. The summed E-state index contributed by atoms with van der Waals surface area (Å²) in [5.41, 5.74) is 0.244. The zero-order valence-electron chi connectivity index (χ0n) is 11.8. The number of esters is 1. The molecule has 0 radical (unpaired) electrons. The van der Waals surface area contributed by atoms with Crippen molar-refractivity contribution in [1.82, 2.24) is 0 Å². The maximum atomic E-state index is 11.6. The van der Waals surface area contributed by atoms with Crippen LogP contribution in [0.4, 0.5) is 5.69 Å². The second kappa shape index (κ2) is 6.74. The maximum absolute atomic E-state index is 11.6. The van der Waals surface area contributed by atoms with Crippen molar-refractivity contribution in [3.05, 3.63) is 29.7 Å². The molecule has 0 aliphatic carbocycles. The number of hydrogen-bond acceptors (Lipinski definition) is 7. The molecular formula is C14H16N2O5. The van der Waals surface area contributed by atoms with E-state index in [1.54, 1.807) is 25.1 Å². The van der Waals surface area contributed by atoms with Gasteiger partial charge < -0.3 is 19.3 Å². The second-order valence-corrected chi connectivity index (χ2v) is 4.18. The van der Waals surface area contributed by atoms with Gasteiger partial charge in [-0.1, -0.05) is 0 Å². The Morgan fingerprint density at radius 3 is 2.71 bits per heavy atom. The summed E-state index contributed by atoms with van der Waals surface area (Å²) in [6, 6.07) is 5.03. The van der Waals surface area contributed by atoms with Crippen molar-refractivity contribution in [3.63, 3.8) is 0 Å². The zero-order chi connectivity index (χ0) is 15.2. The molecule has 0 unspecified atom stereocenters. The Hall–Kier alpha value is -2.57. The van der Waals surface area contributed by atoms with E-state index in [0.29, 0.717) is 30.4 Å². The quantitative estimate of drug-likeness (QED) is 0.399. The highest BCUT2D eigenvalue weighted by Crippen LogP contribution is 2.33. The van der Waals surface area contributed by atoms with Crippen LogP contribution in [0.3, 0.4) is 0 Å². The van der Waals surface area contributed by atoms with E-state index in [1.165, 1.54) is 6.92 Å². The third kappa shape index (κ3) is 3.71. The molecule has 1 aromatic carbocycles. The van der Waals surface area contributed by atoms with Crippen LogP contribution in [0.15, 0.2) is 39.9 Å². The van der Waals surface area contributed by atoms with E-state index in [2.05, 4.69) is 10.2 Å². The third-order valence-electron chi connectivity index (χ3n) is 2.60. The molecule has 1 aliphatic heterocycles. The molecule has 1 heterocycles. The van der Waals surface area contributed by atoms with Gasteiger partial charge in [-0.25, -0.2) is 4.79 Å². The Balaban J connectivity index is 2.19. The minimum Gasteiger partial charge on any atom is -0.510 e. The molecule has 0 saturated carbocycles. The summed E-state index contributed by atoms with van der Waals surface area (Å²) in [4.78, 5) is 11.6. The molecule has 0 spiro atoms. The Kier molecular flexibility index (Phi) is 4.76. The molecule has 21 heavy (non-hydrogen) atoms. The summed E-state index contributed by atoms with van der Waals surface area (Å²) in [6.07, 6.45) is 0. The van der Waals surface area contributed by atoms with Crippen LogP contribution in [0.2, 0.25) is 0 Å². The highest BCUT2D eigenvalue weighted by Gasteiger charge is 2.15. The Morgan fingerprint density at radius 1 is 1.33 bits per heavy atom. The summed E-state index contributed by atoms with van der Waals surface area (Å²) >= 11 is 0. The number of azo groups is 1. The molecule has 0 fully saturated rings. The predicted octanol–water partition coefficient (Wildman–Crippen LogP) is 2.89. The molecule has 0 amide bonds. The SMILES string of the molecule is CCOC(=O)/C(N=Nc1ccc2c(c1)OCCO2)=C(/C)O. The van der Waals surface area contributed by atoms with Crippen molar-refractivity contribution in [2.75, 3.05) is 19.8 Å². The molecule has 0 aromatic heterocycles. The third-order valence-corrected chi connectivity index (χ3v) is 2.60. The van der Waals surface area contributed by atoms with Gasteiger partial charge in [-0.2, -0.15) is 5.11 Å². The topological polar surface area (TPSA) is 89.7 Å². The van der Waals surface area contributed by atoms with Gasteiger partial charge in [-0.3, -0.25) is 0 Å². The molecule has 0 atom stereocenters. The van der Waals surface area contributed by atoms with Crippen LogP contribution in [0.1, 0.15) is 13.8 Å². The van der Waals surface area contributed by atoms with Crippen LogP contribution in [0.25, 0.3) is 0 Å². The highest BCUT2D eigenvalue weighted by molar-refractivity contribution is 5.88. The minimum absolute atomic E-state index is 0.190. The smallest absolute Gasteiger partial charge is 0.362 e. The van der Waals surface area contributed by atoms with Crippen LogP contribution in [-0.4, -0.2) is 30.9 Å². The van der Waals surface area contributed by atoms with Crippen LogP contribution in [-0.2, 0) is 9.53 Å².